The number of fused-ring (bicyclic) bond motifs is 6. The molecule has 11 aromatic carbocycles. The molecule has 0 saturated heterocycles. The third-order valence-electron chi connectivity index (χ3n) is 12.5. The van der Waals surface area contributed by atoms with Gasteiger partial charge in [0.15, 0.2) is 0 Å². The van der Waals surface area contributed by atoms with Crippen LogP contribution in [0.5, 0.6) is 0 Å². The van der Waals surface area contributed by atoms with Crippen molar-refractivity contribution in [3.8, 4) is 66.8 Å². The Morgan fingerprint density at radius 2 is 0.633 bits per heavy atom. The van der Waals surface area contributed by atoms with Crippen molar-refractivity contribution in [3.05, 3.63) is 230 Å². The highest BCUT2D eigenvalue weighted by Crippen LogP contribution is 2.42. The third kappa shape index (κ3) is 6.35. The van der Waals surface area contributed by atoms with Gasteiger partial charge in [-0.2, -0.15) is 0 Å². The number of benzene rings is 11. The first-order chi connectivity index (χ1) is 29.5. The van der Waals surface area contributed by atoms with Gasteiger partial charge in [-0.15, -0.1) is 0 Å². The second-order valence-electron chi connectivity index (χ2n) is 16.2. The summed E-state index contributed by atoms with van der Waals surface area (Å²) in [7, 11) is 0. The van der Waals surface area contributed by atoms with Gasteiger partial charge in [-0.1, -0.05) is 176 Å². The molecule has 0 heterocycles. The molecular weight excluding hydrogens is 721 g/mol. The van der Waals surface area contributed by atoms with Crippen LogP contribution in [0.4, 0.5) is 0 Å². The fourth-order valence-corrected chi connectivity index (χ4v) is 9.37. The van der Waals surface area contributed by atoms with Gasteiger partial charge in [0.2, 0.25) is 0 Å². The third-order valence-corrected chi connectivity index (χ3v) is 12.5. The van der Waals surface area contributed by atoms with Crippen molar-refractivity contribution in [1.29, 1.82) is 0 Å². The lowest BCUT2D eigenvalue weighted by molar-refractivity contribution is 1.40. The Morgan fingerprint density at radius 3 is 1.22 bits per heavy atom. The number of aryl methyl sites for hydroxylation is 1. The second-order valence-corrected chi connectivity index (χ2v) is 16.2. The standard InChI is InChI=1S/C60H42/c1-39-31-45(52-35-50(41-13-5-3-6-14-41)34-51(36-52)42-15-7-4-8-16-42)25-28-54(39)60-38-53(46-26-29-57-47(32-46)23-21-43-17-9-11-19-55(43)57)37-59(40(60)2)49-27-30-58-48(33-49)24-22-44-18-10-12-20-56(44)58/h3-38H,1-2H3. The molecule has 0 fully saturated rings. The molecule has 11 aromatic rings. The average Bonchev–Trinajstić information content (AvgIpc) is 3.31. The van der Waals surface area contributed by atoms with Crippen LogP contribution in [-0.2, 0) is 0 Å². The molecule has 11 rings (SSSR count). The molecule has 60 heavy (non-hydrogen) atoms. The summed E-state index contributed by atoms with van der Waals surface area (Å²) in [6.45, 7) is 4.57. The van der Waals surface area contributed by atoms with E-state index in [2.05, 4.69) is 232 Å². The van der Waals surface area contributed by atoms with E-state index in [-0.39, 0.29) is 0 Å². The van der Waals surface area contributed by atoms with Crippen LogP contribution < -0.4 is 0 Å². The van der Waals surface area contributed by atoms with Crippen LogP contribution in [0.1, 0.15) is 11.1 Å². The molecule has 0 saturated carbocycles. The minimum atomic E-state index is 1.21. The van der Waals surface area contributed by atoms with Gasteiger partial charge < -0.3 is 0 Å². The molecule has 0 bridgehead atoms. The van der Waals surface area contributed by atoms with Crippen molar-refractivity contribution in [2.45, 2.75) is 13.8 Å². The van der Waals surface area contributed by atoms with E-state index in [4.69, 9.17) is 0 Å². The molecule has 0 aliphatic rings. The van der Waals surface area contributed by atoms with E-state index in [0.717, 1.165) is 0 Å². The first-order valence-corrected chi connectivity index (χ1v) is 20.9. The van der Waals surface area contributed by atoms with Crippen molar-refractivity contribution in [2.24, 2.45) is 0 Å². The lowest BCUT2D eigenvalue weighted by Gasteiger charge is -2.19. The van der Waals surface area contributed by atoms with Crippen LogP contribution in [0.3, 0.4) is 0 Å². The van der Waals surface area contributed by atoms with Gasteiger partial charge >= 0.3 is 0 Å². The van der Waals surface area contributed by atoms with Gasteiger partial charge in [0.1, 0.15) is 0 Å². The Kier molecular flexibility index (Phi) is 8.72. The molecule has 0 unspecified atom stereocenters. The van der Waals surface area contributed by atoms with Crippen LogP contribution in [-0.4, -0.2) is 0 Å². The zero-order valence-corrected chi connectivity index (χ0v) is 33.8. The molecule has 0 aromatic heterocycles. The predicted octanol–water partition coefficient (Wildman–Crippen LogP) is 16.9. The van der Waals surface area contributed by atoms with E-state index in [1.165, 1.54) is 121 Å². The average molecular weight is 763 g/mol. The maximum atomic E-state index is 2.42. The molecular formula is C60H42. The fourth-order valence-electron chi connectivity index (χ4n) is 9.37. The van der Waals surface area contributed by atoms with Gasteiger partial charge in [0.25, 0.3) is 0 Å². The van der Waals surface area contributed by atoms with Crippen LogP contribution in [0.2, 0.25) is 0 Å². The molecule has 282 valence electrons. The predicted molar refractivity (Wildman–Crippen MR) is 259 cm³/mol. The molecule has 0 spiro atoms. The Bertz CT molecular complexity index is 3370. The van der Waals surface area contributed by atoms with E-state index < -0.39 is 0 Å². The summed E-state index contributed by atoms with van der Waals surface area (Å²) in [6.07, 6.45) is 0. The highest BCUT2D eigenvalue weighted by atomic mass is 14.2. The molecule has 0 N–H and O–H groups in total. The van der Waals surface area contributed by atoms with Crippen LogP contribution in [0.25, 0.3) is 110 Å². The van der Waals surface area contributed by atoms with E-state index in [9.17, 15) is 0 Å². The van der Waals surface area contributed by atoms with Gasteiger partial charge in [0, 0.05) is 0 Å². The summed E-state index contributed by atoms with van der Waals surface area (Å²) < 4.78 is 0. The van der Waals surface area contributed by atoms with Gasteiger partial charge in [-0.3, -0.25) is 0 Å². The maximum Gasteiger partial charge on any atom is -0.0105 e. The first kappa shape index (κ1) is 35.6. The Morgan fingerprint density at radius 1 is 0.217 bits per heavy atom. The van der Waals surface area contributed by atoms with Crippen LogP contribution in [0, 0.1) is 13.8 Å². The molecule has 0 amide bonds. The fraction of sp³-hybridized carbons (Fsp3) is 0.0333. The molecule has 0 atom stereocenters. The molecule has 0 aliphatic heterocycles. The lowest BCUT2D eigenvalue weighted by atomic mass is 9.85. The molecule has 0 radical (unpaired) electrons. The normalized spacial score (nSPS) is 11.5. The van der Waals surface area contributed by atoms with Gasteiger partial charge in [0.05, 0.1) is 0 Å². The number of rotatable bonds is 6. The van der Waals surface area contributed by atoms with Crippen molar-refractivity contribution in [3.63, 3.8) is 0 Å². The highest BCUT2D eigenvalue weighted by molar-refractivity contribution is 6.10. The van der Waals surface area contributed by atoms with E-state index >= 15 is 0 Å². The largest absolute Gasteiger partial charge is 0.0622 e. The molecule has 0 nitrogen and oxygen atoms in total. The van der Waals surface area contributed by atoms with Crippen LogP contribution >= 0.6 is 0 Å². The van der Waals surface area contributed by atoms with E-state index in [0.29, 0.717) is 0 Å². The van der Waals surface area contributed by atoms with Gasteiger partial charge in [-0.05, 0) is 177 Å². The SMILES string of the molecule is Cc1cc(-c2cc(-c3ccccc3)cc(-c3ccccc3)c2)ccc1-c1cc(-c2ccc3c(ccc4ccccc43)c2)cc(-c2ccc3c(ccc4ccccc43)c2)c1C. The second kappa shape index (κ2) is 14.7. The summed E-state index contributed by atoms with van der Waals surface area (Å²) in [5, 5.41) is 10.2. The first-order valence-electron chi connectivity index (χ1n) is 20.9. The summed E-state index contributed by atoms with van der Waals surface area (Å²) in [5.74, 6) is 0. The Labute approximate surface area is 351 Å². The molecule has 0 heteroatoms. The summed E-state index contributed by atoms with van der Waals surface area (Å²) >= 11 is 0. The quantitative estimate of drug-likeness (QED) is 0.148. The minimum absolute atomic E-state index is 1.21. The smallest absolute Gasteiger partial charge is 0.0105 e. The Hall–Kier alpha value is -7.54. The monoisotopic (exact) mass is 762 g/mol. The Balaban J connectivity index is 1.07. The topological polar surface area (TPSA) is 0 Å². The van der Waals surface area contributed by atoms with Gasteiger partial charge in [-0.25, -0.2) is 0 Å². The zero-order chi connectivity index (χ0) is 40.2. The lowest BCUT2D eigenvalue weighted by Crippen LogP contribution is -1.94. The van der Waals surface area contributed by atoms with Crippen LogP contribution in [0.15, 0.2) is 218 Å². The minimum Gasteiger partial charge on any atom is -0.0622 e. The number of hydrogen-bond acceptors (Lipinski definition) is 0. The summed E-state index contributed by atoms with van der Waals surface area (Å²) in [4.78, 5) is 0. The van der Waals surface area contributed by atoms with Crippen molar-refractivity contribution in [1.82, 2.24) is 0 Å². The highest BCUT2D eigenvalue weighted by Gasteiger charge is 2.17. The summed E-state index contributed by atoms with van der Waals surface area (Å²) in [6, 6.07) is 80.7. The van der Waals surface area contributed by atoms with Crippen molar-refractivity contribution < 1.29 is 0 Å². The van der Waals surface area contributed by atoms with Crippen molar-refractivity contribution >= 4 is 43.1 Å². The van der Waals surface area contributed by atoms with E-state index in [1.807, 2.05) is 0 Å². The number of hydrogen-bond donors (Lipinski definition) is 0. The zero-order valence-electron chi connectivity index (χ0n) is 33.8. The maximum absolute atomic E-state index is 2.42. The van der Waals surface area contributed by atoms with E-state index in [1.54, 1.807) is 0 Å². The summed E-state index contributed by atoms with van der Waals surface area (Å²) in [5.41, 5.74) is 17.2. The molecule has 0 aliphatic carbocycles. The van der Waals surface area contributed by atoms with Crippen molar-refractivity contribution in [2.75, 3.05) is 0 Å².